The molecule has 0 fully saturated rings. The molecular weight excluding hydrogens is 340 g/mol. The number of hydrogen-bond donors (Lipinski definition) is 2. The maximum Gasteiger partial charge on any atom is 0.335 e. The molecule has 1 aromatic heterocycles. The van der Waals surface area contributed by atoms with Gasteiger partial charge in [0.15, 0.2) is 4.77 Å². The molecule has 0 saturated heterocycles. The molecule has 7 heteroatoms. The SMILES string of the molecule is CCOc1cccc(Cn2c(=S)[nH]c3cc(C(=O)O)ccc3c2=O)c1. The lowest BCUT2D eigenvalue weighted by Crippen LogP contribution is -2.23. The number of fused-ring (bicyclic) bond motifs is 1. The van der Waals surface area contributed by atoms with E-state index in [0.29, 0.717) is 24.1 Å². The molecule has 6 nitrogen and oxygen atoms in total. The third-order valence-electron chi connectivity index (χ3n) is 3.78. The first-order valence-electron chi connectivity index (χ1n) is 7.71. The molecule has 0 aliphatic heterocycles. The molecule has 2 N–H and O–H groups in total. The largest absolute Gasteiger partial charge is 0.494 e. The van der Waals surface area contributed by atoms with Crippen molar-refractivity contribution in [3.63, 3.8) is 0 Å². The van der Waals surface area contributed by atoms with Crippen molar-refractivity contribution in [2.24, 2.45) is 0 Å². The Morgan fingerprint density at radius 1 is 1.28 bits per heavy atom. The maximum atomic E-state index is 12.7. The van der Waals surface area contributed by atoms with E-state index in [-0.39, 0.29) is 15.9 Å². The summed E-state index contributed by atoms with van der Waals surface area (Å²) in [6, 6.07) is 11.8. The predicted octanol–water partition coefficient (Wildman–Crippen LogP) is 3.20. The van der Waals surface area contributed by atoms with Crippen LogP contribution in [0.3, 0.4) is 0 Å². The molecule has 0 aliphatic carbocycles. The van der Waals surface area contributed by atoms with Crippen molar-refractivity contribution in [1.82, 2.24) is 9.55 Å². The summed E-state index contributed by atoms with van der Waals surface area (Å²) >= 11 is 5.29. The zero-order valence-corrected chi connectivity index (χ0v) is 14.3. The van der Waals surface area contributed by atoms with Crippen molar-refractivity contribution in [2.45, 2.75) is 13.5 Å². The van der Waals surface area contributed by atoms with Gasteiger partial charge in [0.05, 0.1) is 29.6 Å². The van der Waals surface area contributed by atoms with E-state index < -0.39 is 5.97 Å². The minimum atomic E-state index is -1.06. The molecule has 0 unspecified atom stereocenters. The number of rotatable bonds is 5. The van der Waals surface area contributed by atoms with E-state index in [9.17, 15) is 9.59 Å². The summed E-state index contributed by atoms with van der Waals surface area (Å²) in [6.07, 6.45) is 0. The zero-order chi connectivity index (χ0) is 18.0. The topological polar surface area (TPSA) is 84.3 Å². The molecule has 1 heterocycles. The number of carboxylic acids is 1. The van der Waals surface area contributed by atoms with Crippen LogP contribution in [-0.4, -0.2) is 27.2 Å². The second-order valence-electron chi connectivity index (χ2n) is 5.47. The van der Waals surface area contributed by atoms with Crippen LogP contribution in [0.2, 0.25) is 0 Å². The molecule has 0 bridgehead atoms. The average Bonchev–Trinajstić information content (AvgIpc) is 2.58. The Hall–Kier alpha value is -2.93. The van der Waals surface area contributed by atoms with Gasteiger partial charge in [-0.1, -0.05) is 12.1 Å². The lowest BCUT2D eigenvalue weighted by Gasteiger charge is -2.10. The van der Waals surface area contributed by atoms with Gasteiger partial charge in [-0.3, -0.25) is 9.36 Å². The van der Waals surface area contributed by atoms with Gasteiger partial charge in [-0.25, -0.2) is 4.79 Å². The van der Waals surface area contributed by atoms with E-state index in [1.165, 1.54) is 22.8 Å². The summed E-state index contributed by atoms with van der Waals surface area (Å²) in [5.41, 5.74) is 1.13. The lowest BCUT2D eigenvalue weighted by molar-refractivity contribution is 0.0697. The van der Waals surface area contributed by atoms with Crippen LogP contribution in [0.25, 0.3) is 10.9 Å². The van der Waals surface area contributed by atoms with Crippen molar-refractivity contribution in [2.75, 3.05) is 6.61 Å². The van der Waals surface area contributed by atoms with Crippen molar-refractivity contribution >= 4 is 29.1 Å². The van der Waals surface area contributed by atoms with Crippen molar-refractivity contribution in [3.8, 4) is 5.75 Å². The molecule has 0 radical (unpaired) electrons. The van der Waals surface area contributed by atoms with Gasteiger partial charge in [-0.2, -0.15) is 0 Å². The van der Waals surface area contributed by atoms with Crippen LogP contribution in [-0.2, 0) is 6.54 Å². The second kappa shape index (κ2) is 6.90. The van der Waals surface area contributed by atoms with E-state index in [0.717, 1.165) is 11.3 Å². The average molecular weight is 356 g/mol. The number of aromatic carboxylic acids is 1. The molecule has 0 saturated carbocycles. The molecule has 0 amide bonds. The van der Waals surface area contributed by atoms with Crippen LogP contribution < -0.4 is 10.3 Å². The van der Waals surface area contributed by atoms with E-state index >= 15 is 0 Å². The van der Waals surface area contributed by atoms with E-state index in [4.69, 9.17) is 22.1 Å². The number of aromatic nitrogens is 2. The maximum absolute atomic E-state index is 12.7. The van der Waals surface area contributed by atoms with Gasteiger partial charge in [0.2, 0.25) is 0 Å². The van der Waals surface area contributed by atoms with Gasteiger partial charge in [-0.05, 0) is 55.0 Å². The zero-order valence-electron chi connectivity index (χ0n) is 13.5. The standard InChI is InChI=1S/C18H16N2O4S/c1-2-24-13-5-3-4-11(8-13)10-20-16(21)14-7-6-12(17(22)23)9-15(14)19-18(20)25/h3-9H,2,10H2,1H3,(H,19,25)(H,22,23). The lowest BCUT2D eigenvalue weighted by atomic mass is 10.1. The highest BCUT2D eigenvalue weighted by atomic mass is 32.1. The fourth-order valence-electron chi connectivity index (χ4n) is 2.61. The number of nitrogens with zero attached hydrogens (tertiary/aromatic N) is 1. The van der Waals surface area contributed by atoms with Gasteiger partial charge in [0.25, 0.3) is 5.56 Å². The monoisotopic (exact) mass is 356 g/mol. The molecule has 25 heavy (non-hydrogen) atoms. The fraction of sp³-hybridized carbons (Fsp3) is 0.167. The first-order chi connectivity index (χ1) is 12.0. The number of carbonyl (C=O) groups is 1. The Labute approximate surface area is 148 Å². The minimum absolute atomic E-state index is 0.0970. The highest BCUT2D eigenvalue weighted by Crippen LogP contribution is 2.15. The fourth-order valence-corrected chi connectivity index (χ4v) is 2.87. The number of benzene rings is 2. The Balaban J connectivity index is 2.06. The minimum Gasteiger partial charge on any atom is -0.494 e. The summed E-state index contributed by atoms with van der Waals surface area (Å²) < 4.78 is 7.16. The predicted molar refractivity (Wildman–Crippen MR) is 97.1 cm³/mol. The molecule has 0 spiro atoms. The van der Waals surface area contributed by atoms with E-state index in [2.05, 4.69) is 4.98 Å². The van der Waals surface area contributed by atoms with Crippen LogP contribution >= 0.6 is 12.2 Å². The van der Waals surface area contributed by atoms with E-state index in [1.54, 1.807) is 0 Å². The molecule has 3 rings (SSSR count). The number of nitrogens with one attached hydrogen (secondary N) is 1. The van der Waals surface area contributed by atoms with Crippen LogP contribution in [0.1, 0.15) is 22.8 Å². The molecular formula is C18H16N2O4S. The van der Waals surface area contributed by atoms with Crippen molar-refractivity contribution in [3.05, 3.63) is 68.7 Å². The van der Waals surface area contributed by atoms with E-state index in [1.807, 2.05) is 31.2 Å². The third-order valence-corrected chi connectivity index (χ3v) is 4.10. The summed E-state index contributed by atoms with van der Waals surface area (Å²) in [7, 11) is 0. The quantitative estimate of drug-likeness (QED) is 0.686. The number of aromatic amines is 1. The molecule has 128 valence electrons. The van der Waals surface area contributed by atoms with Crippen molar-refractivity contribution in [1.29, 1.82) is 0 Å². The Kier molecular flexibility index (Phi) is 4.67. The second-order valence-corrected chi connectivity index (χ2v) is 5.85. The summed E-state index contributed by atoms with van der Waals surface area (Å²) in [5, 5.41) is 9.46. The number of carboxylic acid groups (broad SMARTS) is 1. The normalized spacial score (nSPS) is 10.8. The van der Waals surface area contributed by atoms with Gasteiger partial charge < -0.3 is 14.8 Å². The van der Waals surface area contributed by atoms with Gasteiger partial charge in [0, 0.05) is 0 Å². The van der Waals surface area contributed by atoms with Crippen LogP contribution in [0, 0.1) is 4.77 Å². The Bertz CT molecular complexity index is 1070. The third kappa shape index (κ3) is 3.46. The van der Waals surface area contributed by atoms with Gasteiger partial charge >= 0.3 is 5.97 Å². The highest BCUT2D eigenvalue weighted by Gasteiger charge is 2.10. The Morgan fingerprint density at radius 2 is 2.08 bits per heavy atom. The van der Waals surface area contributed by atoms with Crippen LogP contribution in [0.5, 0.6) is 5.75 Å². The first-order valence-corrected chi connectivity index (χ1v) is 8.12. The smallest absolute Gasteiger partial charge is 0.335 e. The molecule has 0 aliphatic rings. The molecule has 3 aromatic rings. The van der Waals surface area contributed by atoms with Gasteiger partial charge in [0.1, 0.15) is 5.75 Å². The molecule has 2 aromatic carbocycles. The number of H-pyrrole nitrogens is 1. The van der Waals surface area contributed by atoms with Crippen LogP contribution in [0.4, 0.5) is 0 Å². The van der Waals surface area contributed by atoms with Crippen LogP contribution in [0.15, 0.2) is 47.3 Å². The number of hydrogen-bond acceptors (Lipinski definition) is 4. The highest BCUT2D eigenvalue weighted by molar-refractivity contribution is 7.71. The number of ether oxygens (including phenoxy) is 1. The summed E-state index contributed by atoms with van der Waals surface area (Å²) in [5.74, 6) is -0.326. The van der Waals surface area contributed by atoms with Gasteiger partial charge in [-0.15, -0.1) is 0 Å². The first kappa shape index (κ1) is 16.9. The summed E-state index contributed by atoms with van der Waals surface area (Å²) in [6.45, 7) is 2.76. The molecule has 0 atom stereocenters. The summed E-state index contributed by atoms with van der Waals surface area (Å²) in [4.78, 5) is 26.8. The Morgan fingerprint density at radius 3 is 2.80 bits per heavy atom. The van der Waals surface area contributed by atoms with Crippen molar-refractivity contribution < 1.29 is 14.6 Å².